The molecule has 1 aromatic carbocycles. The molecule has 1 unspecified atom stereocenters. The van der Waals surface area contributed by atoms with Crippen LogP contribution in [-0.2, 0) is 0 Å². The van der Waals surface area contributed by atoms with E-state index in [2.05, 4.69) is 17.1 Å². The van der Waals surface area contributed by atoms with Crippen molar-refractivity contribution in [1.29, 1.82) is 0 Å². The maximum absolute atomic E-state index is 12.1. The number of piperidine rings is 1. The van der Waals surface area contributed by atoms with Gasteiger partial charge in [-0.1, -0.05) is 18.5 Å². The lowest BCUT2D eigenvalue weighted by molar-refractivity contribution is 0.0950. The van der Waals surface area contributed by atoms with E-state index in [1.165, 1.54) is 25.9 Å². The SMILES string of the molecule is COc1ccc(C(=O)NCCCN2CCCC(C)C2)cc1Cl. The fourth-order valence-electron chi connectivity index (χ4n) is 2.90. The van der Waals surface area contributed by atoms with Gasteiger partial charge in [-0.15, -0.1) is 0 Å². The van der Waals surface area contributed by atoms with Gasteiger partial charge in [0.1, 0.15) is 5.75 Å². The summed E-state index contributed by atoms with van der Waals surface area (Å²) < 4.78 is 5.08. The summed E-state index contributed by atoms with van der Waals surface area (Å²) in [6, 6.07) is 5.08. The zero-order chi connectivity index (χ0) is 15.9. The Hall–Kier alpha value is -1.26. The number of hydrogen-bond acceptors (Lipinski definition) is 3. The molecule has 1 amide bonds. The van der Waals surface area contributed by atoms with Crippen LogP contribution in [0.25, 0.3) is 0 Å². The summed E-state index contributed by atoms with van der Waals surface area (Å²) in [5, 5.41) is 3.41. The highest BCUT2D eigenvalue weighted by atomic mass is 35.5. The fraction of sp³-hybridized carbons (Fsp3) is 0.588. The molecule has 1 fully saturated rings. The minimum Gasteiger partial charge on any atom is -0.495 e. The smallest absolute Gasteiger partial charge is 0.251 e. The largest absolute Gasteiger partial charge is 0.495 e. The molecule has 4 nitrogen and oxygen atoms in total. The highest BCUT2D eigenvalue weighted by Crippen LogP contribution is 2.24. The van der Waals surface area contributed by atoms with Gasteiger partial charge in [0.25, 0.3) is 5.91 Å². The van der Waals surface area contributed by atoms with Crippen LogP contribution in [0.15, 0.2) is 18.2 Å². The molecule has 1 aliphatic heterocycles. The van der Waals surface area contributed by atoms with E-state index < -0.39 is 0 Å². The van der Waals surface area contributed by atoms with Gasteiger partial charge in [-0.05, 0) is 56.5 Å². The molecule has 1 atom stereocenters. The van der Waals surface area contributed by atoms with E-state index >= 15 is 0 Å². The molecule has 5 heteroatoms. The van der Waals surface area contributed by atoms with Gasteiger partial charge < -0.3 is 15.0 Å². The second kappa shape index (κ2) is 8.39. The number of amides is 1. The van der Waals surface area contributed by atoms with E-state index in [1.807, 2.05) is 0 Å². The summed E-state index contributed by atoms with van der Waals surface area (Å²) in [4.78, 5) is 14.6. The summed E-state index contributed by atoms with van der Waals surface area (Å²) >= 11 is 6.04. The monoisotopic (exact) mass is 324 g/mol. The van der Waals surface area contributed by atoms with Gasteiger partial charge in [-0.25, -0.2) is 0 Å². The van der Waals surface area contributed by atoms with E-state index in [0.29, 0.717) is 22.9 Å². The third kappa shape index (κ3) is 4.89. The van der Waals surface area contributed by atoms with Crippen molar-refractivity contribution in [2.45, 2.75) is 26.2 Å². The molecule has 122 valence electrons. The quantitative estimate of drug-likeness (QED) is 0.817. The predicted molar refractivity (Wildman–Crippen MR) is 89.8 cm³/mol. The average Bonchev–Trinajstić information content (AvgIpc) is 2.51. The Labute approximate surface area is 137 Å². The number of likely N-dealkylation sites (tertiary alicyclic amines) is 1. The molecule has 1 heterocycles. The van der Waals surface area contributed by atoms with Gasteiger partial charge in [-0.3, -0.25) is 4.79 Å². The maximum atomic E-state index is 12.1. The summed E-state index contributed by atoms with van der Waals surface area (Å²) in [5.74, 6) is 1.29. The van der Waals surface area contributed by atoms with E-state index in [-0.39, 0.29) is 5.91 Å². The molecular weight excluding hydrogens is 300 g/mol. The van der Waals surface area contributed by atoms with E-state index in [0.717, 1.165) is 18.9 Å². The third-order valence-corrected chi connectivity index (χ3v) is 4.39. The van der Waals surface area contributed by atoms with Crippen molar-refractivity contribution >= 4 is 17.5 Å². The molecule has 22 heavy (non-hydrogen) atoms. The number of nitrogens with one attached hydrogen (secondary N) is 1. The molecule has 0 aliphatic carbocycles. The lowest BCUT2D eigenvalue weighted by Crippen LogP contribution is -2.36. The van der Waals surface area contributed by atoms with Crippen molar-refractivity contribution in [3.63, 3.8) is 0 Å². The molecular formula is C17H25ClN2O2. The Morgan fingerprint density at radius 1 is 1.50 bits per heavy atom. The Morgan fingerprint density at radius 3 is 3.00 bits per heavy atom. The molecule has 1 aliphatic rings. The molecule has 0 radical (unpaired) electrons. The van der Waals surface area contributed by atoms with E-state index in [1.54, 1.807) is 25.3 Å². The summed E-state index contributed by atoms with van der Waals surface area (Å²) in [5.41, 5.74) is 0.567. The zero-order valence-corrected chi connectivity index (χ0v) is 14.2. The first-order valence-corrected chi connectivity index (χ1v) is 8.32. The number of rotatable bonds is 6. The van der Waals surface area contributed by atoms with Crippen molar-refractivity contribution < 1.29 is 9.53 Å². The van der Waals surface area contributed by atoms with Crippen LogP contribution in [0.2, 0.25) is 5.02 Å². The Balaban J connectivity index is 1.72. The second-order valence-electron chi connectivity index (χ2n) is 6.01. The predicted octanol–water partition coefficient (Wildman–Crippen LogP) is 3.20. The number of halogens is 1. The normalized spacial score (nSPS) is 19.0. The minimum absolute atomic E-state index is 0.0865. The zero-order valence-electron chi connectivity index (χ0n) is 13.4. The third-order valence-electron chi connectivity index (χ3n) is 4.09. The fourth-order valence-corrected chi connectivity index (χ4v) is 3.16. The van der Waals surface area contributed by atoms with Crippen LogP contribution in [0.4, 0.5) is 0 Å². The summed E-state index contributed by atoms with van der Waals surface area (Å²) in [6.45, 7) is 6.41. The van der Waals surface area contributed by atoms with E-state index in [4.69, 9.17) is 16.3 Å². The highest BCUT2D eigenvalue weighted by molar-refractivity contribution is 6.32. The van der Waals surface area contributed by atoms with Crippen LogP contribution in [0.5, 0.6) is 5.75 Å². The Bertz CT molecular complexity index is 507. The average molecular weight is 325 g/mol. The van der Waals surface area contributed by atoms with Crippen molar-refractivity contribution in [3.8, 4) is 5.75 Å². The molecule has 1 saturated heterocycles. The van der Waals surface area contributed by atoms with Crippen LogP contribution in [-0.4, -0.2) is 44.1 Å². The standard InChI is InChI=1S/C17H25ClN2O2/c1-13-5-3-9-20(12-13)10-4-8-19-17(21)14-6-7-16(22-2)15(18)11-14/h6-7,11,13H,3-5,8-10,12H2,1-2H3,(H,19,21). The van der Waals surface area contributed by atoms with Crippen molar-refractivity contribution in [2.75, 3.05) is 33.3 Å². The Kier molecular flexibility index (Phi) is 6.52. The molecule has 1 aromatic rings. The number of methoxy groups -OCH3 is 1. The van der Waals surface area contributed by atoms with Crippen LogP contribution < -0.4 is 10.1 Å². The number of benzene rings is 1. The highest BCUT2D eigenvalue weighted by Gasteiger charge is 2.15. The molecule has 0 spiro atoms. The number of carbonyl (C=O) groups excluding carboxylic acids is 1. The van der Waals surface area contributed by atoms with E-state index in [9.17, 15) is 4.79 Å². The number of ether oxygens (including phenoxy) is 1. The van der Waals surface area contributed by atoms with Crippen LogP contribution in [0, 0.1) is 5.92 Å². The lowest BCUT2D eigenvalue weighted by Gasteiger charge is -2.30. The summed E-state index contributed by atoms with van der Waals surface area (Å²) in [6.07, 6.45) is 3.60. The van der Waals surface area contributed by atoms with Gasteiger partial charge in [0.2, 0.25) is 0 Å². The molecule has 0 aromatic heterocycles. The van der Waals surface area contributed by atoms with Gasteiger partial charge in [0.05, 0.1) is 12.1 Å². The van der Waals surface area contributed by atoms with Gasteiger partial charge in [-0.2, -0.15) is 0 Å². The van der Waals surface area contributed by atoms with Gasteiger partial charge >= 0.3 is 0 Å². The second-order valence-corrected chi connectivity index (χ2v) is 6.41. The maximum Gasteiger partial charge on any atom is 0.251 e. The first kappa shape index (κ1) is 17.1. The van der Waals surface area contributed by atoms with Crippen molar-refractivity contribution in [3.05, 3.63) is 28.8 Å². The van der Waals surface area contributed by atoms with Crippen LogP contribution in [0.3, 0.4) is 0 Å². The van der Waals surface area contributed by atoms with Gasteiger partial charge in [0, 0.05) is 18.7 Å². The topological polar surface area (TPSA) is 41.6 Å². The van der Waals surface area contributed by atoms with Crippen LogP contribution in [0.1, 0.15) is 36.5 Å². The number of carbonyl (C=O) groups is 1. The first-order valence-electron chi connectivity index (χ1n) is 7.94. The van der Waals surface area contributed by atoms with Crippen molar-refractivity contribution in [1.82, 2.24) is 10.2 Å². The number of nitrogens with zero attached hydrogens (tertiary/aromatic N) is 1. The lowest BCUT2D eigenvalue weighted by atomic mass is 10.0. The molecule has 1 N–H and O–H groups in total. The molecule has 0 saturated carbocycles. The molecule has 2 rings (SSSR count). The van der Waals surface area contributed by atoms with Crippen molar-refractivity contribution in [2.24, 2.45) is 5.92 Å². The molecule has 0 bridgehead atoms. The first-order chi connectivity index (χ1) is 10.6. The van der Waals surface area contributed by atoms with Gasteiger partial charge in [0.15, 0.2) is 0 Å². The van der Waals surface area contributed by atoms with Crippen LogP contribution >= 0.6 is 11.6 Å². The summed E-state index contributed by atoms with van der Waals surface area (Å²) in [7, 11) is 1.56. The minimum atomic E-state index is -0.0865. The Morgan fingerprint density at radius 2 is 2.32 bits per heavy atom. The number of hydrogen-bond donors (Lipinski definition) is 1.